The maximum atomic E-state index is 13.7. The normalized spacial score (nSPS) is 10.2. The molecule has 0 atom stereocenters. The molecule has 0 radical (unpaired) electrons. The summed E-state index contributed by atoms with van der Waals surface area (Å²) in [5.41, 5.74) is 1.11. The molecule has 110 valence electrons. The van der Waals surface area contributed by atoms with Gasteiger partial charge < -0.3 is 14.6 Å². The largest absolute Gasteiger partial charge is 0.497 e. The molecule has 0 aliphatic carbocycles. The molecule has 2 aromatic carbocycles. The van der Waals surface area contributed by atoms with Crippen molar-refractivity contribution in [3.05, 3.63) is 59.4 Å². The van der Waals surface area contributed by atoms with E-state index in [0.29, 0.717) is 22.6 Å². The van der Waals surface area contributed by atoms with Crippen molar-refractivity contribution < 1.29 is 23.8 Å². The molecule has 5 heteroatoms. The van der Waals surface area contributed by atoms with Gasteiger partial charge in [0.15, 0.2) is 0 Å². The zero-order valence-corrected chi connectivity index (χ0v) is 11.5. The van der Waals surface area contributed by atoms with Gasteiger partial charge in [0.2, 0.25) is 0 Å². The van der Waals surface area contributed by atoms with Crippen LogP contribution in [0.25, 0.3) is 0 Å². The lowest BCUT2D eigenvalue weighted by Gasteiger charge is -2.09. The number of carboxylic acid groups (broad SMARTS) is 1. The van der Waals surface area contributed by atoms with Crippen molar-refractivity contribution in [1.82, 2.24) is 0 Å². The second-order valence-corrected chi connectivity index (χ2v) is 4.46. The maximum Gasteiger partial charge on any atom is 0.307 e. The van der Waals surface area contributed by atoms with Crippen LogP contribution in [-0.4, -0.2) is 18.2 Å². The topological polar surface area (TPSA) is 55.8 Å². The fourth-order valence-corrected chi connectivity index (χ4v) is 1.81. The standard InChI is InChI=1S/C16H15FO4/c1-20-14-7-4-12(15(17)9-14)10-21-13-5-2-11(3-6-13)8-16(18)19/h2-7,9H,8,10H2,1H3,(H,18,19). The summed E-state index contributed by atoms with van der Waals surface area (Å²) in [4.78, 5) is 10.6. The van der Waals surface area contributed by atoms with Crippen molar-refractivity contribution in [3.8, 4) is 11.5 Å². The molecule has 0 fully saturated rings. The minimum atomic E-state index is -0.885. The summed E-state index contributed by atoms with van der Waals surface area (Å²) in [7, 11) is 1.48. The molecule has 2 aromatic rings. The number of carbonyl (C=O) groups is 1. The zero-order valence-electron chi connectivity index (χ0n) is 11.5. The second kappa shape index (κ2) is 6.74. The van der Waals surface area contributed by atoms with Crippen LogP contribution >= 0.6 is 0 Å². The highest BCUT2D eigenvalue weighted by atomic mass is 19.1. The van der Waals surface area contributed by atoms with E-state index in [1.807, 2.05) is 0 Å². The molecule has 1 N–H and O–H groups in total. The number of rotatable bonds is 6. The Labute approximate surface area is 121 Å². The van der Waals surface area contributed by atoms with Crippen molar-refractivity contribution in [1.29, 1.82) is 0 Å². The second-order valence-electron chi connectivity index (χ2n) is 4.46. The van der Waals surface area contributed by atoms with Crippen LogP contribution in [0.3, 0.4) is 0 Å². The first-order valence-corrected chi connectivity index (χ1v) is 6.34. The highest BCUT2D eigenvalue weighted by Crippen LogP contribution is 2.19. The minimum Gasteiger partial charge on any atom is -0.497 e. The average molecular weight is 290 g/mol. The number of carboxylic acids is 1. The number of aliphatic carboxylic acids is 1. The van der Waals surface area contributed by atoms with Gasteiger partial charge in [0.25, 0.3) is 0 Å². The van der Waals surface area contributed by atoms with E-state index in [9.17, 15) is 9.18 Å². The van der Waals surface area contributed by atoms with Crippen molar-refractivity contribution in [2.75, 3.05) is 7.11 Å². The summed E-state index contributed by atoms with van der Waals surface area (Å²) in [6.45, 7) is 0.0914. The minimum absolute atomic E-state index is 0.0343. The first-order valence-electron chi connectivity index (χ1n) is 6.34. The van der Waals surface area contributed by atoms with Gasteiger partial charge in [-0.1, -0.05) is 12.1 Å². The van der Waals surface area contributed by atoms with Gasteiger partial charge in [-0.2, -0.15) is 0 Å². The molecule has 0 aliphatic heterocycles. The third-order valence-electron chi connectivity index (χ3n) is 2.93. The van der Waals surface area contributed by atoms with E-state index >= 15 is 0 Å². The molecule has 21 heavy (non-hydrogen) atoms. The highest BCUT2D eigenvalue weighted by Gasteiger charge is 2.05. The van der Waals surface area contributed by atoms with E-state index in [0.717, 1.165) is 0 Å². The van der Waals surface area contributed by atoms with E-state index in [2.05, 4.69) is 0 Å². The number of halogens is 1. The quantitative estimate of drug-likeness (QED) is 0.888. The third-order valence-corrected chi connectivity index (χ3v) is 2.93. The summed E-state index contributed by atoms with van der Waals surface area (Å²) in [6, 6.07) is 11.3. The van der Waals surface area contributed by atoms with E-state index in [4.69, 9.17) is 14.6 Å². The summed E-state index contributed by atoms with van der Waals surface area (Å²) in [5, 5.41) is 8.68. The molecule has 0 bridgehead atoms. The molecule has 4 nitrogen and oxygen atoms in total. The van der Waals surface area contributed by atoms with Gasteiger partial charge in [-0.3, -0.25) is 4.79 Å². The van der Waals surface area contributed by atoms with Gasteiger partial charge in [-0.15, -0.1) is 0 Å². The van der Waals surface area contributed by atoms with E-state index < -0.39 is 11.8 Å². The maximum absolute atomic E-state index is 13.7. The molecule has 0 spiro atoms. The molecule has 0 unspecified atom stereocenters. The van der Waals surface area contributed by atoms with Crippen LogP contribution in [0.5, 0.6) is 11.5 Å². The number of methoxy groups -OCH3 is 1. The SMILES string of the molecule is COc1ccc(COc2ccc(CC(=O)O)cc2)c(F)c1. The Balaban J connectivity index is 1.98. The zero-order chi connectivity index (χ0) is 15.2. The van der Waals surface area contributed by atoms with E-state index in [-0.39, 0.29) is 13.0 Å². The number of benzene rings is 2. The lowest BCUT2D eigenvalue weighted by atomic mass is 10.1. The van der Waals surface area contributed by atoms with Crippen molar-refractivity contribution in [2.24, 2.45) is 0 Å². The monoisotopic (exact) mass is 290 g/mol. The molecular weight excluding hydrogens is 275 g/mol. The Hall–Kier alpha value is -2.56. The van der Waals surface area contributed by atoms with Gasteiger partial charge in [0.1, 0.15) is 23.9 Å². The first-order chi connectivity index (χ1) is 10.1. The smallest absolute Gasteiger partial charge is 0.307 e. The fourth-order valence-electron chi connectivity index (χ4n) is 1.81. The molecule has 0 saturated heterocycles. The van der Waals surface area contributed by atoms with Crippen LogP contribution in [0.2, 0.25) is 0 Å². The van der Waals surface area contributed by atoms with E-state index in [1.165, 1.54) is 13.2 Å². The van der Waals surface area contributed by atoms with Crippen LogP contribution in [0.1, 0.15) is 11.1 Å². The van der Waals surface area contributed by atoms with Crippen molar-refractivity contribution in [3.63, 3.8) is 0 Å². The number of hydrogen-bond acceptors (Lipinski definition) is 3. The summed E-state index contributed by atoms with van der Waals surface area (Å²) in [6.07, 6.45) is -0.0343. The van der Waals surface area contributed by atoms with Crippen LogP contribution in [0.4, 0.5) is 4.39 Å². The highest BCUT2D eigenvalue weighted by molar-refractivity contribution is 5.70. The van der Waals surface area contributed by atoms with Gasteiger partial charge in [-0.05, 0) is 29.8 Å². The molecular formula is C16H15FO4. The Bertz CT molecular complexity index is 623. The van der Waals surface area contributed by atoms with E-state index in [1.54, 1.807) is 36.4 Å². The Morgan fingerprint density at radius 3 is 2.38 bits per heavy atom. The van der Waals surface area contributed by atoms with Gasteiger partial charge >= 0.3 is 5.97 Å². The molecule has 0 heterocycles. The lowest BCUT2D eigenvalue weighted by molar-refractivity contribution is -0.136. The molecule has 0 aliphatic rings. The summed E-state index contributed by atoms with van der Waals surface area (Å²) >= 11 is 0. The fraction of sp³-hybridized carbons (Fsp3) is 0.188. The van der Waals surface area contributed by atoms with Crippen molar-refractivity contribution >= 4 is 5.97 Å². The predicted molar refractivity (Wildman–Crippen MR) is 75.1 cm³/mol. The summed E-state index contributed by atoms with van der Waals surface area (Å²) in [5.74, 6) is -0.269. The van der Waals surface area contributed by atoms with Gasteiger partial charge in [-0.25, -0.2) is 4.39 Å². The molecule has 0 aromatic heterocycles. The van der Waals surface area contributed by atoms with Crippen LogP contribution in [0, 0.1) is 5.82 Å². The Morgan fingerprint density at radius 2 is 1.81 bits per heavy atom. The van der Waals surface area contributed by atoms with Crippen LogP contribution in [0.15, 0.2) is 42.5 Å². The average Bonchev–Trinajstić information content (AvgIpc) is 2.47. The first kappa shape index (κ1) is 14.8. The molecule has 0 amide bonds. The van der Waals surface area contributed by atoms with Crippen LogP contribution in [-0.2, 0) is 17.8 Å². The molecule has 0 saturated carbocycles. The Kier molecular flexibility index (Phi) is 4.77. The van der Waals surface area contributed by atoms with Gasteiger partial charge in [0.05, 0.1) is 13.5 Å². The number of hydrogen-bond donors (Lipinski definition) is 1. The summed E-state index contributed by atoms with van der Waals surface area (Å²) < 4.78 is 24.1. The van der Waals surface area contributed by atoms with Crippen LogP contribution < -0.4 is 9.47 Å². The Morgan fingerprint density at radius 1 is 1.14 bits per heavy atom. The lowest BCUT2D eigenvalue weighted by Crippen LogP contribution is -2.01. The molecule has 2 rings (SSSR count). The number of ether oxygens (including phenoxy) is 2. The predicted octanol–water partition coefficient (Wildman–Crippen LogP) is 3.04. The van der Waals surface area contributed by atoms with Crippen molar-refractivity contribution in [2.45, 2.75) is 13.0 Å². The third kappa shape index (κ3) is 4.21. The van der Waals surface area contributed by atoms with Gasteiger partial charge in [0, 0.05) is 11.6 Å².